The van der Waals surface area contributed by atoms with Crippen LogP contribution in [0.25, 0.3) is 0 Å². The summed E-state index contributed by atoms with van der Waals surface area (Å²) in [6.07, 6.45) is 0. The van der Waals surface area contributed by atoms with Gasteiger partial charge in [0.05, 0.1) is 32.4 Å². The molecule has 1 aliphatic rings. The number of ether oxygens (including phenoxy) is 3. The molecular formula is C23H21NO4. The molecule has 1 saturated heterocycles. The second kappa shape index (κ2) is 10.2. The molecule has 0 atom stereocenters. The van der Waals surface area contributed by atoms with Crippen LogP contribution in [0, 0.1) is 23.7 Å². The predicted octanol–water partition coefficient (Wildman–Crippen LogP) is 2.60. The van der Waals surface area contributed by atoms with Crippen LogP contribution in [0.1, 0.15) is 15.9 Å². The Kier molecular flexibility index (Phi) is 7.09. The Hall–Kier alpha value is -3.25. The van der Waals surface area contributed by atoms with Crippen molar-refractivity contribution >= 4 is 5.97 Å². The average molecular weight is 375 g/mol. The zero-order chi connectivity index (χ0) is 19.6. The summed E-state index contributed by atoms with van der Waals surface area (Å²) < 4.78 is 16.1. The molecule has 1 fully saturated rings. The quantitative estimate of drug-likeness (QED) is 0.467. The van der Waals surface area contributed by atoms with Gasteiger partial charge < -0.3 is 14.2 Å². The highest BCUT2D eigenvalue weighted by Gasteiger charge is 2.12. The van der Waals surface area contributed by atoms with Gasteiger partial charge in [0.1, 0.15) is 0 Å². The van der Waals surface area contributed by atoms with Gasteiger partial charge in [-0.3, -0.25) is 4.90 Å². The lowest BCUT2D eigenvalue weighted by atomic mass is 10.2. The third-order valence-corrected chi connectivity index (χ3v) is 4.14. The van der Waals surface area contributed by atoms with Gasteiger partial charge in [-0.1, -0.05) is 30.0 Å². The lowest BCUT2D eigenvalue weighted by Crippen LogP contribution is -2.36. The van der Waals surface area contributed by atoms with Crippen molar-refractivity contribution < 1.29 is 19.0 Å². The van der Waals surface area contributed by atoms with Gasteiger partial charge in [0.15, 0.2) is 11.5 Å². The van der Waals surface area contributed by atoms with Gasteiger partial charge in [0, 0.05) is 18.7 Å². The summed E-state index contributed by atoms with van der Waals surface area (Å²) in [5.41, 5.74) is 1.21. The molecule has 28 heavy (non-hydrogen) atoms. The van der Waals surface area contributed by atoms with Gasteiger partial charge in [-0.25, -0.2) is 4.79 Å². The Labute approximate surface area is 165 Å². The third kappa shape index (κ3) is 5.62. The molecule has 0 saturated carbocycles. The first kappa shape index (κ1) is 19.5. The lowest BCUT2D eigenvalue weighted by Gasteiger charge is -2.24. The van der Waals surface area contributed by atoms with E-state index in [0.29, 0.717) is 23.6 Å². The molecule has 2 aromatic rings. The Morgan fingerprint density at radius 2 is 1.86 bits per heavy atom. The van der Waals surface area contributed by atoms with E-state index in [1.807, 2.05) is 6.07 Å². The molecule has 0 amide bonds. The van der Waals surface area contributed by atoms with Crippen LogP contribution >= 0.6 is 0 Å². The maximum atomic E-state index is 12.2. The Balaban J connectivity index is 1.62. The number of esters is 1. The van der Waals surface area contributed by atoms with Crippen LogP contribution in [0.3, 0.4) is 0 Å². The van der Waals surface area contributed by atoms with Crippen molar-refractivity contribution in [2.45, 2.75) is 0 Å². The van der Waals surface area contributed by atoms with Crippen molar-refractivity contribution in [2.24, 2.45) is 0 Å². The summed E-state index contributed by atoms with van der Waals surface area (Å²) in [6.45, 7) is 4.02. The van der Waals surface area contributed by atoms with E-state index < -0.39 is 5.97 Å². The molecule has 1 aliphatic heterocycles. The molecule has 0 bridgehead atoms. The molecule has 5 nitrogen and oxygen atoms in total. The van der Waals surface area contributed by atoms with E-state index in [1.54, 1.807) is 42.5 Å². The number of carbonyl (C=O) groups excluding carboxylic acids is 1. The van der Waals surface area contributed by atoms with Crippen molar-refractivity contribution in [2.75, 3.05) is 40.0 Å². The fourth-order valence-electron chi connectivity index (χ4n) is 2.62. The highest BCUT2D eigenvalue weighted by Crippen LogP contribution is 2.28. The minimum atomic E-state index is -0.438. The molecule has 0 unspecified atom stereocenters. The number of methoxy groups -OCH3 is 1. The van der Waals surface area contributed by atoms with Crippen LogP contribution in [-0.2, 0) is 4.74 Å². The molecule has 0 aliphatic carbocycles. The van der Waals surface area contributed by atoms with Gasteiger partial charge >= 0.3 is 5.97 Å². The fourth-order valence-corrected chi connectivity index (χ4v) is 2.62. The number of morpholine rings is 1. The van der Waals surface area contributed by atoms with E-state index >= 15 is 0 Å². The van der Waals surface area contributed by atoms with E-state index in [0.717, 1.165) is 31.9 Å². The normalized spacial score (nSPS) is 13.5. The van der Waals surface area contributed by atoms with Crippen LogP contribution in [0.4, 0.5) is 0 Å². The second-order valence-corrected chi connectivity index (χ2v) is 6.06. The Bertz CT molecular complexity index is 926. The van der Waals surface area contributed by atoms with E-state index in [9.17, 15) is 4.79 Å². The lowest BCUT2D eigenvalue weighted by molar-refractivity contribution is 0.0443. The van der Waals surface area contributed by atoms with Gasteiger partial charge in [-0.05, 0) is 42.2 Å². The largest absolute Gasteiger partial charge is 0.493 e. The highest BCUT2D eigenvalue weighted by atomic mass is 16.6. The molecule has 1 heterocycles. The second-order valence-electron chi connectivity index (χ2n) is 6.06. The molecule has 5 heteroatoms. The van der Waals surface area contributed by atoms with Crippen molar-refractivity contribution in [1.29, 1.82) is 0 Å². The monoisotopic (exact) mass is 375 g/mol. The van der Waals surface area contributed by atoms with Crippen molar-refractivity contribution in [3.63, 3.8) is 0 Å². The number of nitrogens with zero attached hydrogens (tertiary/aromatic N) is 1. The smallest absolute Gasteiger partial charge is 0.343 e. The summed E-state index contributed by atoms with van der Waals surface area (Å²) in [6, 6.07) is 14.0. The zero-order valence-corrected chi connectivity index (χ0v) is 15.7. The molecule has 0 spiro atoms. The van der Waals surface area contributed by atoms with Gasteiger partial charge in [0.2, 0.25) is 0 Å². The summed E-state index contributed by atoms with van der Waals surface area (Å²) in [7, 11) is 1.52. The maximum absolute atomic E-state index is 12.2. The summed E-state index contributed by atoms with van der Waals surface area (Å²) >= 11 is 0. The highest BCUT2D eigenvalue weighted by molar-refractivity contribution is 5.91. The molecule has 0 aromatic heterocycles. The van der Waals surface area contributed by atoms with E-state index in [-0.39, 0.29) is 0 Å². The topological polar surface area (TPSA) is 48.0 Å². The molecule has 142 valence electrons. The van der Waals surface area contributed by atoms with Gasteiger partial charge in [0.25, 0.3) is 0 Å². The first-order chi connectivity index (χ1) is 13.8. The Morgan fingerprint density at radius 1 is 1.07 bits per heavy atom. The molecule has 0 radical (unpaired) electrons. The van der Waals surface area contributed by atoms with Gasteiger partial charge in [-0.15, -0.1) is 0 Å². The number of hydrogen-bond acceptors (Lipinski definition) is 5. The number of hydrogen-bond donors (Lipinski definition) is 0. The summed E-state index contributed by atoms with van der Waals surface area (Å²) in [5.74, 6) is 12.1. The number of rotatable bonds is 4. The minimum absolute atomic E-state index is 0.348. The van der Waals surface area contributed by atoms with Crippen LogP contribution < -0.4 is 9.47 Å². The third-order valence-electron chi connectivity index (χ3n) is 4.14. The SMILES string of the molecule is COc1cc(C#CC#CCN2CCOCC2)ccc1OC(=O)c1ccccc1. The summed E-state index contributed by atoms with van der Waals surface area (Å²) in [4.78, 5) is 14.4. The molecular weight excluding hydrogens is 354 g/mol. The first-order valence-corrected chi connectivity index (χ1v) is 9.00. The van der Waals surface area contributed by atoms with E-state index in [2.05, 4.69) is 28.6 Å². The first-order valence-electron chi connectivity index (χ1n) is 9.00. The molecule has 2 aromatic carbocycles. The average Bonchev–Trinajstić information content (AvgIpc) is 2.75. The Morgan fingerprint density at radius 3 is 2.61 bits per heavy atom. The van der Waals surface area contributed by atoms with E-state index in [1.165, 1.54) is 7.11 Å². The summed E-state index contributed by atoms with van der Waals surface area (Å²) in [5, 5.41) is 0. The van der Waals surface area contributed by atoms with Crippen LogP contribution in [0.15, 0.2) is 48.5 Å². The zero-order valence-electron chi connectivity index (χ0n) is 15.7. The van der Waals surface area contributed by atoms with Crippen molar-refractivity contribution in [3.8, 4) is 35.2 Å². The van der Waals surface area contributed by atoms with Crippen LogP contribution in [-0.4, -0.2) is 50.8 Å². The molecule has 0 N–H and O–H groups in total. The standard InChI is InChI=1S/C23H21NO4/c1-26-22-18-19(8-4-3-7-13-24-14-16-27-17-15-24)11-12-21(22)28-23(25)20-9-5-2-6-10-20/h2,5-6,9-12,18H,13-17H2,1H3. The van der Waals surface area contributed by atoms with Gasteiger partial charge in [-0.2, -0.15) is 0 Å². The molecule has 3 rings (SSSR count). The number of carbonyl (C=O) groups is 1. The predicted molar refractivity (Wildman–Crippen MR) is 106 cm³/mol. The minimum Gasteiger partial charge on any atom is -0.493 e. The van der Waals surface area contributed by atoms with Crippen molar-refractivity contribution in [3.05, 3.63) is 59.7 Å². The maximum Gasteiger partial charge on any atom is 0.343 e. The van der Waals surface area contributed by atoms with Crippen molar-refractivity contribution in [1.82, 2.24) is 4.90 Å². The van der Waals surface area contributed by atoms with Crippen LogP contribution in [0.5, 0.6) is 11.5 Å². The van der Waals surface area contributed by atoms with Crippen LogP contribution in [0.2, 0.25) is 0 Å². The fraction of sp³-hybridized carbons (Fsp3) is 0.261. The number of benzene rings is 2. The van der Waals surface area contributed by atoms with E-state index in [4.69, 9.17) is 14.2 Å².